The third-order valence-corrected chi connectivity index (χ3v) is 16.6. The lowest BCUT2D eigenvalue weighted by Crippen LogP contribution is -2.30. The maximum atomic E-state index is 12.9. The van der Waals surface area contributed by atoms with Crippen molar-refractivity contribution in [2.75, 3.05) is 39.6 Å². The highest BCUT2D eigenvalue weighted by Gasteiger charge is 2.29. The minimum absolute atomic E-state index is 0.0373. The largest absolute Gasteiger partial charge is 0.472 e. The molecule has 5 atom stereocenters. The molecule has 0 saturated heterocycles. The van der Waals surface area contributed by atoms with Crippen molar-refractivity contribution in [3.8, 4) is 0 Å². The van der Waals surface area contributed by atoms with Crippen molar-refractivity contribution in [3.63, 3.8) is 0 Å². The quantitative estimate of drug-likeness (QED) is 0.0146. The Morgan fingerprint density at radius 1 is 0.299 bits per heavy atom. The van der Waals surface area contributed by atoms with Crippen LogP contribution in [0.25, 0.3) is 0 Å². The molecule has 0 saturated carbocycles. The summed E-state index contributed by atoms with van der Waals surface area (Å²) < 4.78 is 60.9. The highest BCUT2D eigenvalue weighted by atomic mass is 31.2. The zero-order valence-electron chi connectivity index (χ0n) is 59.9. The summed E-state index contributed by atoms with van der Waals surface area (Å²) in [5.74, 6) is -1.70. The minimum atomic E-state index is -4.95. The number of ether oxygens (including phenoxy) is 3. The molecule has 0 aliphatic heterocycles. The molecule has 0 radical (unpaired) electrons. The van der Waals surface area contributed by atoms with Crippen molar-refractivity contribution in [1.82, 2.24) is 0 Å². The van der Waals surface area contributed by atoms with Crippen LogP contribution in [0.3, 0.4) is 0 Å². The highest BCUT2D eigenvalue weighted by molar-refractivity contribution is 7.47. The first-order valence-corrected chi connectivity index (χ1v) is 39.8. The normalized spacial score (nSPS) is 15.0. The van der Waals surface area contributed by atoms with Gasteiger partial charge >= 0.3 is 33.6 Å². The molecule has 18 heteroatoms. The van der Waals surface area contributed by atoms with Crippen LogP contribution in [0, 0.1) is 0 Å². The average molecular weight is 1400 g/mol. The number of hydrogen-bond acceptors (Lipinski definition) is 14. The number of phosphoric acid groups is 2. The molecule has 0 aliphatic carbocycles. The predicted molar refractivity (Wildman–Crippen MR) is 399 cm³/mol. The first-order valence-electron chi connectivity index (χ1n) is 36.8. The zero-order valence-corrected chi connectivity index (χ0v) is 61.7. The maximum Gasteiger partial charge on any atom is 0.472 e. The average Bonchev–Trinajstić information content (AvgIpc) is 2.48. The Balaban J connectivity index is 4.63. The summed E-state index contributed by atoms with van der Waals surface area (Å²) in [6, 6.07) is 0. The Bertz CT molecular complexity index is 2400. The Morgan fingerprint density at radius 2 is 0.567 bits per heavy atom. The minimum Gasteiger partial charge on any atom is -0.463 e. The molecule has 0 aromatic heterocycles. The fourth-order valence-corrected chi connectivity index (χ4v) is 10.8. The molecule has 0 aliphatic rings. The second-order valence-electron chi connectivity index (χ2n) is 24.0. The second-order valence-corrected chi connectivity index (χ2v) is 26.9. The molecular weight excluding hydrogens is 1270 g/mol. The highest BCUT2D eigenvalue weighted by Crippen LogP contribution is 2.45. The lowest BCUT2D eigenvalue weighted by Gasteiger charge is -2.21. The second kappa shape index (κ2) is 71.0. The summed E-state index contributed by atoms with van der Waals surface area (Å²) in [5, 5.41) is 20.6. The summed E-state index contributed by atoms with van der Waals surface area (Å²) in [7, 11) is -9.82. The molecule has 0 fully saturated rings. The van der Waals surface area contributed by atoms with Crippen molar-refractivity contribution in [3.05, 3.63) is 158 Å². The van der Waals surface area contributed by atoms with Gasteiger partial charge in [0, 0.05) is 19.3 Å². The molecule has 0 heterocycles. The summed E-state index contributed by atoms with van der Waals surface area (Å²) in [4.78, 5) is 58.5. The molecule has 5 unspecified atom stereocenters. The molecule has 0 aromatic rings. The van der Waals surface area contributed by atoms with E-state index in [9.17, 15) is 43.5 Å². The van der Waals surface area contributed by atoms with E-state index >= 15 is 0 Å². The van der Waals surface area contributed by atoms with Gasteiger partial charge in [-0.25, -0.2) is 9.13 Å². The van der Waals surface area contributed by atoms with E-state index in [4.69, 9.17) is 32.3 Å². The van der Waals surface area contributed by atoms with Gasteiger partial charge in [0.2, 0.25) is 0 Å². The molecule has 16 nitrogen and oxygen atoms in total. The number of rotatable bonds is 68. The Labute approximate surface area is 587 Å². The van der Waals surface area contributed by atoms with Crippen molar-refractivity contribution < 1.29 is 75.8 Å². The summed E-state index contributed by atoms with van der Waals surface area (Å²) >= 11 is 0. The number of aliphatic hydroxyl groups excluding tert-OH is 2. The van der Waals surface area contributed by atoms with E-state index in [1.807, 2.05) is 18.2 Å². The molecule has 4 N–H and O–H groups in total. The number of aliphatic hydroxyl groups is 2. The van der Waals surface area contributed by atoms with E-state index in [0.717, 1.165) is 141 Å². The van der Waals surface area contributed by atoms with Crippen LogP contribution < -0.4 is 0 Å². The molecule has 0 bridgehead atoms. The first kappa shape index (κ1) is 92.2. The van der Waals surface area contributed by atoms with Gasteiger partial charge in [-0.2, -0.15) is 0 Å². The molecule has 0 rings (SSSR count). The van der Waals surface area contributed by atoms with Crippen LogP contribution >= 0.6 is 15.6 Å². The van der Waals surface area contributed by atoms with E-state index in [0.29, 0.717) is 25.7 Å². The molecule has 552 valence electrons. The number of phosphoric ester groups is 2. The summed E-state index contributed by atoms with van der Waals surface area (Å²) in [5.41, 5.74) is 0. The Morgan fingerprint density at radius 3 is 0.928 bits per heavy atom. The van der Waals surface area contributed by atoms with Crippen LogP contribution in [0.1, 0.15) is 265 Å². The van der Waals surface area contributed by atoms with Gasteiger partial charge in [0.05, 0.1) is 26.4 Å². The van der Waals surface area contributed by atoms with Gasteiger partial charge in [0.1, 0.15) is 25.4 Å². The van der Waals surface area contributed by atoms with E-state index in [1.54, 1.807) is 0 Å². The van der Waals surface area contributed by atoms with Gasteiger partial charge in [0.15, 0.2) is 6.10 Å². The maximum absolute atomic E-state index is 12.9. The van der Waals surface area contributed by atoms with Gasteiger partial charge in [-0.05, 0) is 135 Å². The van der Waals surface area contributed by atoms with Crippen LogP contribution in [0.4, 0.5) is 0 Å². The van der Waals surface area contributed by atoms with Gasteiger partial charge in [-0.15, -0.1) is 0 Å². The monoisotopic (exact) mass is 1400 g/mol. The Hall–Kier alpha value is -4.83. The SMILES string of the molecule is CC/C=C\C/C=C\C/C=C\C/C=C\C/C=C\C/C=C\CCC(=O)OCC(COP(=O)(O)OCC(O)COP(=O)(O)OCC(O)COC(=O)CCCCCCCCCCCCC/C=C\C/C=C\C/C=C\C/C=C\C/C=C\CC)OC(=O)CCCCCCC/C=C\C/C=C\CCCCC. The number of unbranched alkanes of at least 4 members (excludes halogenated alkanes) is 19. The van der Waals surface area contributed by atoms with Crippen LogP contribution in [0.5, 0.6) is 0 Å². The number of allylic oxidation sites excluding steroid dienone is 26. The van der Waals surface area contributed by atoms with E-state index in [-0.39, 0.29) is 19.3 Å². The third-order valence-electron chi connectivity index (χ3n) is 14.7. The van der Waals surface area contributed by atoms with Crippen molar-refractivity contribution in [1.29, 1.82) is 0 Å². The predicted octanol–water partition coefficient (Wildman–Crippen LogP) is 21.1. The molecule has 0 spiro atoms. The van der Waals surface area contributed by atoms with Crippen molar-refractivity contribution in [2.45, 2.75) is 283 Å². The third kappa shape index (κ3) is 72.2. The van der Waals surface area contributed by atoms with Crippen LogP contribution in [0.15, 0.2) is 158 Å². The molecule has 0 amide bonds. The van der Waals surface area contributed by atoms with Gasteiger partial charge in [-0.1, -0.05) is 269 Å². The fourth-order valence-electron chi connectivity index (χ4n) is 9.18. The Kier molecular flexibility index (Phi) is 67.5. The smallest absolute Gasteiger partial charge is 0.463 e. The summed E-state index contributed by atoms with van der Waals surface area (Å²) in [6.07, 6.45) is 87.4. The summed E-state index contributed by atoms with van der Waals surface area (Å²) in [6.45, 7) is 2.29. The lowest BCUT2D eigenvalue weighted by molar-refractivity contribution is -0.161. The number of hydrogen-bond donors (Lipinski definition) is 4. The number of esters is 3. The first-order chi connectivity index (χ1) is 47.2. The topological polar surface area (TPSA) is 231 Å². The van der Waals surface area contributed by atoms with Gasteiger partial charge in [-0.3, -0.25) is 32.5 Å². The van der Waals surface area contributed by atoms with Crippen molar-refractivity contribution >= 4 is 33.6 Å². The van der Waals surface area contributed by atoms with Gasteiger partial charge in [0.25, 0.3) is 0 Å². The standard InChI is InChI=1S/C79H130O16P2/c1-4-7-10-13-16-19-22-25-28-30-32-33-34-35-36-37-38-39-41-43-45-47-50-53-56-59-62-65-77(82)89-68-74(80)69-91-96(85,86)92-70-75(81)71-93-97(87,88)94-73-76(95-79(84)67-64-61-58-55-52-49-44-27-24-21-18-15-12-9-6-3)72-90-78(83)66-63-60-57-54-51-48-46-42-40-31-29-26-23-20-17-14-11-8-5-2/h7-8,10-11,16-21,25-29,32-33,35-36,40,42,44,48,51,57,60,74-76,80-81H,4-6,9,12-15,22-24,30-31,34,37-39,41,43,45-47,49-50,52-56,58-59,61-73H2,1-3H3,(H,85,86)(H,87,88)/b10-7-,11-8-,19-16-,20-17-,21-18-,28-25-,29-26-,33-32-,36-35-,42-40-,44-27-,51-48-,60-57-. The number of carbonyl (C=O) groups is 3. The molecule has 97 heavy (non-hydrogen) atoms. The molecular formula is C79H130O16P2. The van der Waals surface area contributed by atoms with Crippen LogP contribution in [0.2, 0.25) is 0 Å². The van der Waals surface area contributed by atoms with E-state index < -0.39 is 91.5 Å². The van der Waals surface area contributed by atoms with E-state index in [1.165, 1.54) is 57.8 Å². The number of carbonyl (C=O) groups excluding carboxylic acids is 3. The van der Waals surface area contributed by atoms with Gasteiger partial charge < -0.3 is 34.2 Å². The lowest BCUT2D eigenvalue weighted by atomic mass is 10.0. The van der Waals surface area contributed by atoms with Crippen molar-refractivity contribution in [2.24, 2.45) is 0 Å². The fraction of sp³-hybridized carbons (Fsp3) is 0.633. The van der Waals surface area contributed by atoms with E-state index in [2.05, 4.69) is 161 Å². The molecule has 0 aromatic carbocycles. The van der Waals surface area contributed by atoms with Crippen LogP contribution in [-0.4, -0.2) is 95.9 Å². The zero-order chi connectivity index (χ0) is 70.9. The van der Waals surface area contributed by atoms with Crippen LogP contribution in [-0.2, 0) is 55.8 Å².